The molecule has 0 aliphatic rings. The molecule has 0 atom stereocenters. The number of unbranched alkanes of at least 4 members (excludes halogenated alkanes) is 4. The quantitative estimate of drug-likeness (QED) is 0.283. The zero-order valence-corrected chi connectivity index (χ0v) is 20.6. The van der Waals surface area contributed by atoms with Gasteiger partial charge in [-0.05, 0) is 48.9 Å². The summed E-state index contributed by atoms with van der Waals surface area (Å²) in [5.41, 5.74) is 2.70. The molecule has 6 heteroatoms. The van der Waals surface area contributed by atoms with E-state index in [0.29, 0.717) is 17.9 Å². The molecule has 35 heavy (non-hydrogen) atoms. The lowest BCUT2D eigenvalue weighted by Crippen LogP contribution is -2.26. The lowest BCUT2D eigenvalue weighted by atomic mass is 10.1. The second kappa shape index (κ2) is 13.8. The molecule has 3 aromatic rings. The molecule has 6 nitrogen and oxygen atoms in total. The Morgan fingerprint density at radius 2 is 1.57 bits per heavy atom. The van der Waals surface area contributed by atoms with Crippen LogP contribution in [-0.4, -0.2) is 32.0 Å². The maximum Gasteiger partial charge on any atom is 0.258 e. The van der Waals surface area contributed by atoms with Crippen LogP contribution < -0.4 is 20.3 Å². The molecule has 0 aromatic heterocycles. The number of nitrogens with one attached hydrogen (secondary N) is 2. The minimum absolute atomic E-state index is 0.0998. The van der Waals surface area contributed by atoms with Gasteiger partial charge in [0.15, 0.2) is 0 Å². The highest BCUT2D eigenvalue weighted by atomic mass is 16.5. The van der Waals surface area contributed by atoms with Gasteiger partial charge in [-0.25, -0.2) is 0 Å². The summed E-state index contributed by atoms with van der Waals surface area (Å²) in [6.07, 6.45) is 5.98. The molecule has 0 fully saturated rings. The molecule has 0 bridgehead atoms. The Morgan fingerprint density at radius 3 is 2.37 bits per heavy atom. The number of para-hydroxylation sites is 1. The summed E-state index contributed by atoms with van der Waals surface area (Å²) < 4.78 is 5.84. The summed E-state index contributed by atoms with van der Waals surface area (Å²) in [7, 11) is 1.73. The van der Waals surface area contributed by atoms with Crippen LogP contribution in [0.2, 0.25) is 0 Å². The summed E-state index contributed by atoms with van der Waals surface area (Å²) in [4.78, 5) is 26.9. The van der Waals surface area contributed by atoms with Gasteiger partial charge in [0.25, 0.3) is 5.91 Å². The Balaban J connectivity index is 1.48. The van der Waals surface area contributed by atoms with Crippen molar-refractivity contribution in [1.29, 1.82) is 0 Å². The highest BCUT2D eigenvalue weighted by molar-refractivity contribution is 6.06. The molecule has 2 amide bonds. The molecule has 0 heterocycles. The van der Waals surface area contributed by atoms with Crippen molar-refractivity contribution in [2.45, 2.75) is 39.0 Å². The van der Waals surface area contributed by atoms with E-state index in [9.17, 15) is 9.59 Å². The minimum atomic E-state index is -0.201. The van der Waals surface area contributed by atoms with E-state index < -0.39 is 0 Å². The Labute approximate surface area is 208 Å². The third-order valence-electron chi connectivity index (χ3n) is 5.65. The first-order chi connectivity index (χ1) is 17.1. The molecule has 0 unspecified atom stereocenters. The van der Waals surface area contributed by atoms with Crippen molar-refractivity contribution in [2.75, 3.05) is 35.7 Å². The predicted molar refractivity (Wildman–Crippen MR) is 143 cm³/mol. The molecule has 0 aliphatic heterocycles. The molecule has 0 aliphatic carbocycles. The lowest BCUT2D eigenvalue weighted by Gasteiger charge is -2.18. The molecule has 3 rings (SSSR count). The van der Waals surface area contributed by atoms with Crippen LogP contribution in [0.5, 0.6) is 5.75 Å². The lowest BCUT2D eigenvalue weighted by molar-refractivity contribution is -0.114. The van der Waals surface area contributed by atoms with Crippen LogP contribution in [0.1, 0.15) is 49.4 Å². The number of anilines is 3. The van der Waals surface area contributed by atoms with E-state index in [1.165, 1.54) is 25.7 Å². The summed E-state index contributed by atoms with van der Waals surface area (Å²) in [6.45, 7) is 3.00. The monoisotopic (exact) mass is 473 g/mol. The zero-order valence-electron chi connectivity index (χ0n) is 20.6. The number of hydrogen-bond donors (Lipinski definition) is 2. The first-order valence-electron chi connectivity index (χ1n) is 12.3. The molecule has 0 saturated carbocycles. The van der Waals surface area contributed by atoms with Crippen molar-refractivity contribution in [3.63, 3.8) is 0 Å². The summed E-state index contributed by atoms with van der Waals surface area (Å²) in [5, 5.41) is 5.99. The molecule has 3 aromatic carbocycles. The van der Waals surface area contributed by atoms with Crippen molar-refractivity contribution in [3.05, 3.63) is 84.4 Å². The topological polar surface area (TPSA) is 70.7 Å². The van der Waals surface area contributed by atoms with E-state index in [2.05, 4.69) is 17.6 Å². The van der Waals surface area contributed by atoms with Gasteiger partial charge in [0.05, 0.1) is 13.2 Å². The van der Waals surface area contributed by atoms with Gasteiger partial charge >= 0.3 is 0 Å². The van der Waals surface area contributed by atoms with Gasteiger partial charge in [-0.1, -0.05) is 62.9 Å². The molecule has 2 N–H and O–H groups in total. The fraction of sp³-hybridized carbons (Fsp3) is 0.310. The van der Waals surface area contributed by atoms with E-state index >= 15 is 0 Å². The average Bonchev–Trinajstić information content (AvgIpc) is 2.89. The standard InChI is InChI=1S/C29H35N3O3/c1-3-4-5-6-10-19-35-27-18-12-14-24(21-27)30-22-28(33)31-25-15-11-13-23(20-25)29(34)32(2)26-16-8-7-9-17-26/h7-9,11-18,20-21,30H,3-6,10,19,22H2,1-2H3,(H,31,33). The number of carbonyl (C=O) groups is 2. The van der Waals surface area contributed by atoms with Crippen LogP contribution in [0.15, 0.2) is 78.9 Å². The van der Waals surface area contributed by atoms with Crippen LogP contribution in [0.3, 0.4) is 0 Å². The maximum atomic E-state index is 12.9. The Bertz CT molecular complexity index is 1090. The zero-order chi connectivity index (χ0) is 24.9. The second-order valence-electron chi connectivity index (χ2n) is 8.47. The van der Waals surface area contributed by atoms with E-state index in [0.717, 1.165) is 23.5 Å². The fourth-order valence-corrected chi connectivity index (χ4v) is 3.67. The number of carbonyl (C=O) groups excluding carboxylic acids is 2. The van der Waals surface area contributed by atoms with Gasteiger partial charge in [0.1, 0.15) is 5.75 Å². The van der Waals surface area contributed by atoms with E-state index in [1.54, 1.807) is 36.2 Å². The largest absolute Gasteiger partial charge is 0.494 e. The Kier molecular flexibility index (Phi) is 10.2. The average molecular weight is 474 g/mol. The SMILES string of the molecule is CCCCCCCOc1cccc(NCC(=O)Nc2cccc(C(=O)N(C)c3ccccc3)c2)c1. The van der Waals surface area contributed by atoms with Gasteiger partial charge in [-0.3, -0.25) is 9.59 Å². The Hall–Kier alpha value is -3.80. The molecule has 184 valence electrons. The van der Waals surface area contributed by atoms with Crippen LogP contribution >= 0.6 is 0 Å². The highest BCUT2D eigenvalue weighted by Gasteiger charge is 2.14. The van der Waals surface area contributed by atoms with Gasteiger partial charge in [0.2, 0.25) is 5.91 Å². The number of benzene rings is 3. The molecule has 0 spiro atoms. The van der Waals surface area contributed by atoms with Crippen molar-refractivity contribution >= 4 is 28.9 Å². The van der Waals surface area contributed by atoms with Crippen molar-refractivity contribution in [2.24, 2.45) is 0 Å². The van der Waals surface area contributed by atoms with Gasteiger partial charge in [-0.2, -0.15) is 0 Å². The first kappa shape index (κ1) is 25.8. The van der Waals surface area contributed by atoms with Gasteiger partial charge < -0.3 is 20.3 Å². The smallest absolute Gasteiger partial charge is 0.258 e. The third kappa shape index (κ3) is 8.49. The number of nitrogens with zero attached hydrogens (tertiary/aromatic N) is 1. The minimum Gasteiger partial charge on any atom is -0.494 e. The normalized spacial score (nSPS) is 10.5. The van der Waals surface area contributed by atoms with Gasteiger partial charge in [-0.15, -0.1) is 0 Å². The van der Waals surface area contributed by atoms with E-state index in [-0.39, 0.29) is 18.4 Å². The van der Waals surface area contributed by atoms with Crippen LogP contribution in [0.4, 0.5) is 17.1 Å². The van der Waals surface area contributed by atoms with Crippen LogP contribution in [-0.2, 0) is 4.79 Å². The molecular formula is C29H35N3O3. The maximum absolute atomic E-state index is 12.9. The third-order valence-corrected chi connectivity index (χ3v) is 5.65. The van der Waals surface area contributed by atoms with Crippen LogP contribution in [0, 0.1) is 0 Å². The highest BCUT2D eigenvalue weighted by Crippen LogP contribution is 2.19. The predicted octanol–water partition coefficient (Wildman–Crippen LogP) is 6.36. The fourth-order valence-electron chi connectivity index (χ4n) is 3.67. The van der Waals surface area contributed by atoms with Crippen LogP contribution in [0.25, 0.3) is 0 Å². The number of rotatable bonds is 13. The number of ether oxygens (including phenoxy) is 1. The van der Waals surface area contributed by atoms with Crippen molar-refractivity contribution in [3.8, 4) is 5.75 Å². The van der Waals surface area contributed by atoms with E-state index in [1.807, 2.05) is 54.6 Å². The number of amides is 2. The Morgan fingerprint density at radius 1 is 0.829 bits per heavy atom. The summed E-state index contributed by atoms with van der Waals surface area (Å²) in [5.74, 6) is 0.445. The van der Waals surface area contributed by atoms with Crippen molar-refractivity contribution < 1.29 is 14.3 Å². The molecule has 0 radical (unpaired) electrons. The molecular weight excluding hydrogens is 438 g/mol. The summed E-state index contributed by atoms with van der Waals surface area (Å²) in [6, 6.07) is 24.0. The molecule has 0 saturated heterocycles. The second-order valence-corrected chi connectivity index (χ2v) is 8.47. The van der Waals surface area contributed by atoms with E-state index in [4.69, 9.17) is 4.74 Å². The van der Waals surface area contributed by atoms with Crippen molar-refractivity contribution in [1.82, 2.24) is 0 Å². The first-order valence-corrected chi connectivity index (χ1v) is 12.3. The van der Waals surface area contributed by atoms with Gasteiger partial charge in [0, 0.05) is 35.7 Å². The summed E-state index contributed by atoms with van der Waals surface area (Å²) >= 11 is 0. The number of hydrogen-bond acceptors (Lipinski definition) is 4.